The molecule has 0 heterocycles. The molecule has 0 aliphatic rings. The number of unbranched alkanes of at least 4 members (excludes halogenated alkanes) is 1. The Hall–Kier alpha value is -1.49. The van der Waals surface area contributed by atoms with E-state index in [1.54, 1.807) is 0 Å². The molecule has 0 aliphatic heterocycles. The molecule has 0 atom stereocenters. The summed E-state index contributed by atoms with van der Waals surface area (Å²) in [6, 6.07) is 8.64. The molecule has 0 spiro atoms. The van der Waals surface area contributed by atoms with E-state index in [0.29, 0.717) is 18.3 Å². The fourth-order valence-electron chi connectivity index (χ4n) is 1.96. The highest BCUT2D eigenvalue weighted by Gasteiger charge is 2.09. The first-order valence-corrected chi connectivity index (χ1v) is 7.17. The second-order valence-electron chi connectivity index (χ2n) is 5.74. The van der Waals surface area contributed by atoms with Gasteiger partial charge in [-0.1, -0.05) is 39.8 Å². The van der Waals surface area contributed by atoms with Gasteiger partial charge in [-0.3, -0.25) is 0 Å². The molecule has 1 aromatic carbocycles. The molecule has 2 heteroatoms. The molecule has 0 N–H and O–H groups in total. The first kappa shape index (κ1) is 15.6. The smallest absolute Gasteiger partial charge is 0.122 e. The molecule has 1 rings (SSSR count). The van der Waals surface area contributed by atoms with Crippen LogP contribution < -0.4 is 4.74 Å². The normalized spacial score (nSPS) is 10.8. The fourth-order valence-corrected chi connectivity index (χ4v) is 1.96. The lowest BCUT2D eigenvalue weighted by Gasteiger charge is -2.16. The third kappa shape index (κ3) is 5.34. The Balaban J connectivity index is 2.79. The zero-order valence-electron chi connectivity index (χ0n) is 12.6. The second kappa shape index (κ2) is 7.84. The van der Waals surface area contributed by atoms with Crippen LogP contribution in [0.25, 0.3) is 0 Å². The highest BCUT2D eigenvalue weighted by atomic mass is 16.5. The van der Waals surface area contributed by atoms with E-state index in [2.05, 4.69) is 52.0 Å². The summed E-state index contributed by atoms with van der Waals surface area (Å²) in [6.45, 7) is 9.46. The molecule has 2 nitrogen and oxygen atoms in total. The van der Waals surface area contributed by atoms with Gasteiger partial charge in [-0.05, 0) is 41.9 Å². The maximum absolute atomic E-state index is 8.58. The van der Waals surface area contributed by atoms with E-state index in [1.165, 1.54) is 11.1 Å². The highest BCUT2D eigenvalue weighted by Crippen LogP contribution is 2.28. The van der Waals surface area contributed by atoms with Crippen LogP contribution in [0.5, 0.6) is 5.75 Å². The summed E-state index contributed by atoms with van der Waals surface area (Å²) in [4.78, 5) is 0. The Morgan fingerprint density at radius 1 is 1.21 bits per heavy atom. The zero-order chi connectivity index (χ0) is 14.3. The lowest BCUT2D eigenvalue weighted by Crippen LogP contribution is -2.07. The summed E-state index contributed by atoms with van der Waals surface area (Å²) in [5, 5.41) is 8.58. The molecule has 1 aromatic rings. The van der Waals surface area contributed by atoms with Crippen molar-refractivity contribution in [1.82, 2.24) is 0 Å². The van der Waals surface area contributed by atoms with E-state index in [9.17, 15) is 0 Å². The first-order chi connectivity index (χ1) is 9.04. The van der Waals surface area contributed by atoms with Crippen LogP contribution >= 0.6 is 0 Å². The first-order valence-electron chi connectivity index (χ1n) is 7.17. The largest absolute Gasteiger partial charge is 0.493 e. The molecule has 19 heavy (non-hydrogen) atoms. The van der Waals surface area contributed by atoms with Gasteiger partial charge in [0.05, 0.1) is 12.7 Å². The Morgan fingerprint density at radius 3 is 2.53 bits per heavy atom. The van der Waals surface area contributed by atoms with Crippen molar-refractivity contribution in [3.8, 4) is 11.8 Å². The Bertz CT molecular complexity index is 429. The number of hydrogen-bond donors (Lipinski definition) is 0. The SMILES string of the molecule is CC(C)COc1ccc(CCCC#N)cc1C(C)C. The van der Waals surface area contributed by atoms with Gasteiger partial charge in [-0.15, -0.1) is 0 Å². The van der Waals surface area contributed by atoms with E-state index in [-0.39, 0.29) is 0 Å². The fraction of sp³-hybridized carbons (Fsp3) is 0.588. The van der Waals surface area contributed by atoms with Crippen molar-refractivity contribution in [2.75, 3.05) is 6.61 Å². The second-order valence-corrected chi connectivity index (χ2v) is 5.74. The van der Waals surface area contributed by atoms with Crippen LogP contribution in [0.2, 0.25) is 0 Å². The van der Waals surface area contributed by atoms with Crippen LogP contribution in [-0.2, 0) is 6.42 Å². The molecule has 0 amide bonds. The number of aryl methyl sites for hydroxylation is 1. The lowest BCUT2D eigenvalue weighted by molar-refractivity contribution is 0.267. The van der Waals surface area contributed by atoms with E-state index in [0.717, 1.165) is 25.2 Å². The van der Waals surface area contributed by atoms with Gasteiger partial charge in [0.1, 0.15) is 5.75 Å². The number of rotatable bonds is 7. The van der Waals surface area contributed by atoms with Gasteiger partial charge in [-0.25, -0.2) is 0 Å². The van der Waals surface area contributed by atoms with Gasteiger partial charge < -0.3 is 4.74 Å². The van der Waals surface area contributed by atoms with E-state index >= 15 is 0 Å². The van der Waals surface area contributed by atoms with Gasteiger partial charge in [0, 0.05) is 6.42 Å². The number of nitriles is 1. The van der Waals surface area contributed by atoms with Crippen molar-refractivity contribution in [3.05, 3.63) is 29.3 Å². The quantitative estimate of drug-likeness (QED) is 0.665. The predicted molar refractivity (Wildman–Crippen MR) is 79.4 cm³/mol. The molecule has 0 unspecified atom stereocenters. The van der Waals surface area contributed by atoms with Gasteiger partial charge in [0.25, 0.3) is 0 Å². The minimum Gasteiger partial charge on any atom is -0.493 e. The summed E-state index contributed by atoms with van der Waals surface area (Å²) in [7, 11) is 0. The summed E-state index contributed by atoms with van der Waals surface area (Å²) < 4.78 is 5.89. The van der Waals surface area contributed by atoms with Crippen LogP contribution in [-0.4, -0.2) is 6.61 Å². The maximum Gasteiger partial charge on any atom is 0.122 e. The third-order valence-electron chi connectivity index (χ3n) is 3.02. The van der Waals surface area contributed by atoms with Gasteiger partial charge >= 0.3 is 0 Å². The average molecular weight is 259 g/mol. The molecule has 0 aromatic heterocycles. The molecule has 0 saturated carbocycles. The maximum atomic E-state index is 8.58. The summed E-state index contributed by atoms with van der Waals surface area (Å²) in [5.41, 5.74) is 2.57. The van der Waals surface area contributed by atoms with E-state index in [1.807, 2.05) is 0 Å². The average Bonchev–Trinajstić information content (AvgIpc) is 2.37. The molecule has 0 saturated heterocycles. The van der Waals surface area contributed by atoms with Crippen LogP contribution in [0.15, 0.2) is 18.2 Å². The van der Waals surface area contributed by atoms with Crippen molar-refractivity contribution < 1.29 is 4.74 Å². The molecule has 0 fully saturated rings. The van der Waals surface area contributed by atoms with Gasteiger partial charge in [0.15, 0.2) is 0 Å². The third-order valence-corrected chi connectivity index (χ3v) is 3.02. The van der Waals surface area contributed by atoms with Crippen LogP contribution in [0.1, 0.15) is 57.6 Å². The highest BCUT2D eigenvalue weighted by molar-refractivity contribution is 5.39. The summed E-state index contributed by atoms with van der Waals surface area (Å²) in [6.07, 6.45) is 2.53. The topological polar surface area (TPSA) is 33.0 Å². The number of nitrogens with zero attached hydrogens (tertiary/aromatic N) is 1. The predicted octanol–water partition coefficient (Wildman–Crippen LogP) is 4.69. The van der Waals surface area contributed by atoms with Gasteiger partial charge in [-0.2, -0.15) is 5.26 Å². The van der Waals surface area contributed by atoms with Crippen molar-refractivity contribution >= 4 is 0 Å². The molecule has 0 bridgehead atoms. The number of benzene rings is 1. The monoisotopic (exact) mass is 259 g/mol. The van der Waals surface area contributed by atoms with Gasteiger partial charge in [0.2, 0.25) is 0 Å². The van der Waals surface area contributed by atoms with Crippen molar-refractivity contribution in [2.24, 2.45) is 5.92 Å². The van der Waals surface area contributed by atoms with E-state index in [4.69, 9.17) is 10.00 Å². The molecule has 104 valence electrons. The van der Waals surface area contributed by atoms with Crippen LogP contribution in [0.4, 0.5) is 0 Å². The summed E-state index contributed by atoms with van der Waals surface area (Å²) in [5.74, 6) is 2.00. The van der Waals surface area contributed by atoms with Crippen LogP contribution in [0.3, 0.4) is 0 Å². The summed E-state index contributed by atoms with van der Waals surface area (Å²) >= 11 is 0. The van der Waals surface area contributed by atoms with E-state index < -0.39 is 0 Å². The Kier molecular flexibility index (Phi) is 6.42. The molecule has 0 radical (unpaired) electrons. The van der Waals surface area contributed by atoms with Crippen molar-refractivity contribution in [1.29, 1.82) is 5.26 Å². The molecular formula is C17H25NO. The minimum atomic E-state index is 0.457. The number of ether oxygens (including phenoxy) is 1. The standard InChI is InChI=1S/C17H25NO/c1-13(2)12-19-17-9-8-15(7-5-6-10-18)11-16(17)14(3)4/h8-9,11,13-14H,5-7,12H2,1-4H3. The number of hydrogen-bond acceptors (Lipinski definition) is 2. The molecular weight excluding hydrogens is 234 g/mol. The van der Waals surface area contributed by atoms with Crippen molar-refractivity contribution in [2.45, 2.75) is 52.9 Å². The Morgan fingerprint density at radius 2 is 1.95 bits per heavy atom. The Labute approximate surface area is 117 Å². The lowest BCUT2D eigenvalue weighted by atomic mass is 9.97. The van der Waals surface area contributed by atoms with Crippen molar-refractivity contribution in [3.63, 3.8) is 0 Å². The zero-order valence-corrected chi connectivity index (χ0v) is 12.6. The molecule has 0 aliphatic carbocycles. The van der Waals surface area contributed by atoms with Crippen LogP contribution in [0, 0.1) is 17.2 Å². The minimum absolute atomic E-state index is 0.457.